The van der Waals surface area contributed by atoms with Crippen LogP contribution in [-0.4, -0.2) is 35.2 Å². The van der Waals surface area contributed by atoms with Crippen LogP contribution in [0.15, 0.2) is 94.9 Å². The van der Waals surface area contributed by atoms with Crippen molar-refractivity contribution >= 4 is 46.3 Å². The largest absolute Gasteiger partial charge is 0.449 e. The first-order valence-electron chi connectivity index (χ1n) is 12.7. The molecule has 1 amide bonds. The van der Waals surface area contributed by atoms with Gasteiger partial charge in [-0.1, -0.05) is 41.9 Å². The number of benzene rings is 3. The summed E-state index contributed by atoms with van der Waals surface area (Å²) in [6.07, 6.45) is 6.53. The van der Waals surface area contributed by atoms with Crippen molar-refractivity contribution in [3.05, 3.63) is 123 Å². The smallest absolute Gasteiger partial charge is 0.411 e. The van der Waals surface area contributed by atoms with E-state index in [1.54, 1.807) is 66.7 Å². The Bertz CT molecular complexity index is 1670. The van der Waals surface area contributed by atoms with Crippen molar-refractivity contribution < 1.29 is 18.7 Å². The van der Waals surface area contributed by atoms with Gasteiger partial charge in [0.15, 0.2) is 11.2 Å². The van der Waals surface area contributed by atoms with Crippen molar-refractivity contribution in [2.75, 3.05) is 11.9 Å². The molecular weight excluding hydrogens is 533 g/mol. The molecule has 202 valence electrons. The quantitative estimate of drug-likeness (QED) is 0.186. The predicted molar refractivity (Wildman–Crippen MR) is 154 cm³/mol. The van der Waals surface area contributed by atoms with Gasteiger partial charge in [0.25, 0.3) is 0 Å². The molecule has 0 fully saturated rings. The normalized spacial score (nSPS) is 15.8. The highest BCUT2D eigenvalue weighted by Gasteiger charge is 2.39. The summed E-state index contributed by atoms with van der Waals surface area (Å²) in [7, 11) is 0. The molecule has 4 aromatic rings. The lowest BCUT2D eigenvalue weighted by Crippen LogP contribution is -2.38. The van der Waals surface area contributed by atoms with Crippen LogP contribution >= 0.6 is 11.6 Å². The second kappa shape index (κ2) is 11.7. The zero-order chi connectivity index (χ0) is 28.1. The summed E-state index contributed by atoms with van der Waals surface area (Å²) in [6.45, 7) is 0.102. The van der Waals surface area contributed by atoms with Crippen LogP contribution in [0, 0.1) is 5.82 Å². The molecule has 0 saturated carbocycles. The van der Waals surface area contributed by atoms with E-state index in [0.29, 0.717) is 29.1 Å². The van der Waals surface area contributed by atoms with E-state index < -0.39 is 28.7 Å². The van der Waals surface area contributed by atoms with E-state index in [4.69, 9.17) is 16.3 Å². The number of ketones is 1. The summed E-state index contributed by atoms with van der Waals surface area (Å²) in [6, 6.07) is 18.9. The van der Waals surface area contributed by atoms with Crippen molar-refractivity contribution in [1.29, 1.82) is 0 Å². The Morgan fingerprint density at radius 3 is 2.55 bits per heavy atom. The van der Waals surface area contributed by atoms with Crippen molar-refractivity contribution in [3.8, 4) is 0 Å². The number of amides is 1. The van der Waals surface area contributed by atoms with Gasteiger partial charge < -0.3 is 9.72 Å². The number of H-pyrrole nitrogens is 1. The van der Waals surface area contributed by atoms with Crippen LogP contribution in [0.3, 0.4) is 0 Å². The molecule has 1 aromatic heterocycles. The van der Waals surface area contributed by atoms with E-state index in [1.807, 2.05) is 6.07 Å². The number of nitrogens with zero attached hydrogens (tertiary/aromatic N) is 1. The van der Waals surface area contributed by atoms with Gasteiger partial charge in [0, 0.05) is 34.9 Å². The summed E-state index contributed by atoms with van der Waals surface area (Å²) in [5.74, 6) is -1.10. The van der Waals surface area contributed by atoms with Crippen LogP contribution < -0.4 is 10.7 Å². The van der Waals surface area contributed by atoms with Crippen LogP contribution in [0.25, 0.3) is 10.9 Å². The molecule has 5 rings (SSSR count). The van der Waals surface area contributed by atoms with Crippen molar-refractivity contribution in [2.24, 2.45) is 4.99 Å². The first-order chi connectivity index (χ1) is 19.3. The summed E-state index contributed by atoms with van der Waals surface area (Å²) in [5, 5.41) is 3.26. The van der Waals surface area contributed by atoms with Crippen LogP contribution in [0.1, 0.15) is 27.9 Å². The number of carbonyl (C=O) groups excluding carboxylic acids is 2. The summed E-state index contributed by atoms with van der Waals surface area (Å²) >= 11 is 6.00. The lowest BCUT2D eigenvalue weighted by atomic mass is 9.84. The molecule has 1 aliphatic heterocycles. The van der Waals surface area contributed by atoms with Crippen LogP contribution in [0.5, 0.6) is 0 Å². The number of rotatable bonds is 9. The number of aryl methyl sites for hydroxylation is 1. The number of para-hydroxylation sites is 1. The number of anilines is 1. The zero-order valence-corrected chi connectivity index (χ0v) is 22.1. The molecule has 0 aliphatic carbocycles. The van der Waals surface area contributed by atoms with Gasteiger partial charge >= 0.3 is 6.09 Å². The summed E-state index contributed by atoms with van der Waals surface area (Å²) < 4.78 is 20.1. The highest BCUT2D eigenvalue weighted by Crippen LogP contribution is 2.28. The minimum Gasteiger partial charge on any atom is -0.449 e. The number of ether oxygens (including phenoxy) is 1. The molecule has 1 atom stereocenters. The van der Waals surface area contributed by atoms with E-state index >= 15 is 0 Å². The molecule has 0 spiro atoms. The molecule has 0 radical (unpaired) electrons. The molecule has 1 aliphatic rings. The number of hydrogen-bond donors (Lipinski definition) is 2. The van der Waals surface area contributed by atoms with Crippen LogP contribution in [0.4, 0.5) is 14.9 Å². The second-order valence-corrected chi connectivity index (χ2v) is 9.89. The fourth-order valence-corrected chi connectivity index (χ4v) is 4.79. The van der Waals surface area contributed by atoms with Gasteiger partial charge in [-0.3, -0.25) is 19.9 Å². The molecular formula is C31H25ClFN3O4. The molecule has 9 heteroatoms. The zero-order valence-electron chi connectivity index (χ0n) is 21.3. The third-order valence-corrected chi connectivity index (χ3v) is 6.90. The number of allylic oxidation sites excluding steroid dienone is 1. The van der Waals surface area contributed by atoms with E-state index in [9.17, 15) is 18.8 Å². The number of carbonyl (C=O) groups is 2. The van der Waals surface area contributed by atoms with E-state index in [-0.39, 0.29) is 29.5 Å². The van der Waals surface area contributed by atoms with Crippen molar-refractivity contribution in [1.82, 2.24) is 4.98 Å². The topological polar surface area (TPSA) is 101 Å². The number of hydrogen-bond acceptors (Lipinski definition) is 5. The maximum absolute atomic E-state index is 14.9. The van der Waals surface area contributed by atoms with Gasteiger partial charge in [0.1, 0.15) is 11.4 Å². The Balaban J connectivity index is 1.32. The minimum absolute atomic E-state index is 0.0148. The van der Waals surface area contributed by atoms with Gasteiger partial charge in [-0.05, 0) is 72.5 Å². The highest BCUT2D eigenvalue weighted by atomic mass is 35.5. The number of pyridine rings is 1. The third-order valence-electron chi connectivity index (χ3n) is 6.65. The van der Waals surface area contributed by atoms with E-state index in [2.05, 4.69) is 15.3 Å². The van der Waals surface area contributed by atoms with Gasteiger partial charge in [0.05, 0.1) is 17.7 Å². The van der Waals surface area contributed by atoms with Gasteiger partial charge in [-0.2, -0.15) is 0 Å². The predicted octanol–water partition coefficient (Wildman–Crippen LogP) is 6.31. The molecule has 40 heavy (non-hydrogen) atoms. The molecule has 7 nitrogen and oxygen atoms in total. The average Bonchev–Trinajstić information content (AvgIpc) is 3.43. The third kappa shape index (κ3) is 5.87. The second-order valence-electron chi connectivity index (χ2n) is 9.46. The Labute approximate surface area is 234 Å². The molecule has 1 unspecified atom stereocenters. The van der Waals surface area contributed by atoms with Gasteiger partial charge in [-0.25, -0.2) is 9.18 Å². The maximum Gasteiger partial charge on any atom is 0.411 e. The molecule has 0 bridgehead atoms. The standard InChI is InChI=1S/C31H25ClFN3O4/c32-22-11-9-20(10-12-22)18-31(13-5-14-35-31)29(38)25-19-34-27-24(28(25)37)16-21(17-26(27)33)6-4-15-40-30(39)36-23-7-2-1-3-8-23/h1-3,5,7-14,16-17,19H,4,6,15,18H2,(H,34,37)(H,36,39). The fraction of sp³-hybridized carbons (Fsp3) is 0.161. The Morgan fingerprint density at radius 1 is 1.05 bits per heavy atom. The van der Waals surface area contributed by atoms with E-state index in [0.717, 1.165) is 5.56 Å². The molecule has 0 saturated heterocycles. The van der Waals surface area contributed by atoms with Gasteiger partial charge in [-0.15, -0.1) is 0 Å². The molecule has 3 aromatic carbocycles. The lowest BCUT2D eigenvalue weighted by molar-refractivity contribution is 0.0922. The number of fused-ring (bicyclic) bond motifs is 1. The SMILES string of the molecule is O=C(Nc1ccccc1)OCCCc1cc(F)c2[nH]cc(C(=O)C3(Cc4ccc(Cl)cc4)C=CC=N3)c(=O)c2c1. The number of halogens is 2. The average molecular weight is 558 g/mol. The highest BCUT2D eigenvalue weighted by molar-refractivity contribution is 6.30. The van der Waals surface area contributed by atoms with Crippen molar-refractivity contribution in [3.63, 3.8) is 0 Å². The number of aliphatic imine (C=N–C) groups is 1. The van der Waals surface area contributed by atoms with Crippen LogP contribution in [0.2, 0.25) is 5.02 Å². The van der Waals surface area contributed by atoms with Gasteiger partial charge in [0.2, 0.25) is 0 Å². The molecule has 2 N–H and O–H groups in total. The first kappa shape index (κ1) is 27.0. The Kier molecular flexibility index (Phi) is 7.89. The number of nitrogens with one attached hydrogen (secondary N) is 2. The summed E-state index contributed by atoms with van der Waals surface area (Å²) in [4.78, 5) is 46.4. The number of aromatic amines is 1. The monoisotopic (exact) mass is 557 g/mol. The fourth-order valence-electron chi connectivity index (χ4n) is 4.66. The van der Waals surface area contributed by atoms with E-state index in [1.165, 1.54) is 18.5 Å². The maximum atomic E-state index is 14.9. The molecule has 2 heterocycles. The Hall–Kier alpha value is -4.56. The minimum atomic E-state index is -1.29. The van der Waals surface area contributed by atoms with Crippen LogP contribution in [-0.2, 0) is 17.6 Å². The summed E-state index contributed by atoms with van der Waals surface area (Å²) in [5.41, 5.74) is 0.0194. The lowest BCUT2D eigenvalue weighted by Gasteiger charge is -2.23. The van der Waals surface area contributed by atoms with Crippen molar-refractivity contribution in [2.45, 2.75) is 24.8 Å². The number of aromatic nitrogens is 1. The first-order valence-corrected chi connectivity index (χ1v) is 13.1. The Morgan fingerprint density at radius 2 is 1.82 bits per heavy atom. The number of Topliss-reactive ketones (excluding diaryl/α,β-unsaturated/α-hetero) is 1.